The number of aromatic nitrogens is 2. The predicted molar refractivity (Wildman–Crippen MR) is 55.6 cm³/mol. The molecule has 2 rings (SSSR count). The number of nitrogens with one attached hydrogen (secondary N) is 1. The minimum Gasteiger partial charge on any atom is -0.336 e. The van der Waals surface area contributed by atoms with Gasteiger partial charge in [-0.2, -0.15) is 0 Å². The van der Waals surface area contributed by atoms with Crippen molar-refractivity contribution in [1.29, 1.82) is 0 Å². The molecule has 0 bridgehead atoms. The minimum atomic E-state index is 0.378. The monoisotopic (exact) mass is 197 g/mol. The van der Waals surface area contributed by atoms with Crippen LogP contribution in [0.3, 0.4) is 0 Å². The van der Waals surface area contributed by atoms with Gasteiger partial charge in [0.15, 0.2) is 0 Å². The van der Waals surface area contributed by atoms with Gasteiger partial charge in [0.25, 0.3) is 0 Å². The lowest BCUT2D eigenvalue weighted by atomic mass is 10.2. The van der Waals surface area contributed by atoms with E-state index in [-0.39, 0.29) is 0 Å². The summed E-state index contributed by atoms with van der Waals surface area (Å²) in [5, 5.41) is 3.92. The van der Waals surface area contributed by atoms with Crippen molar-refractivity contribution in [2.75, 3.05) is 5.75 Å². The van der Waals surface area contributed by atoms with E-state index in [1.54, 1.807) is 0 Å². The standard InChI is InChI=1S/C9H15N3S/c1-7-3-6-13-9(11-7)8-10-4-5-12(8)2/h4-5,7,9,11H,3,6H2,1-2H3. The summed E-state index contributed by atoms with van der Waals surface area (Å²) in [4.78, 5) is 4.35. The molecule has 1 aliphatic rings. The largest absolute Gasteiger partial charge is 0.336 e. The van der Waals surface area contributed by atoms with Crippen LogP contribution in [0.15, 0.2) is 12.4 Å². The molecule has 1 saturated heterocycles. The molecule has 0 aliphatic carbocycles. The number of imidazole rings is 1. The molecule has 1 aliphatic heterocycles. The van der Waals surface area contributed by atoms with E-state index in [2.05, 4.69) is 21.8 Å². The number of hydrogen-bond donors (Lipinski definition) is 1. The summed E-state index contributed by atoms with van der Waals surface area (Å²) in [6.45, 7) is 2.23. The molecule has 2 unspecified atom stereocenters. The fourth-order valence-electron chi connectivity index (χ4n) is 1.53. The molecule has 1 aromatic heterocycles. The first-order chi connectivity index (χ1) is 6.27. The predicted octanol–water partition coefficient (Wildman–Crippen LogP) is 1.53. The van der Waals surface area contributed by atoms with Crippen LogP contribution in [0.25, 0.3) is 0 Å². The van der Waals surface area contributed by atoms with Crippen molar-refractivity contribution < 1.29 is 0 Å². The van der Waals surface area contributed by atoms with Crippen LogP contribution < -0.4 is 5.32 Å². The molecule has 0 radical (unpaired) electrons. The number of nitrogens with zero attached hydrogens (tertiary/aromatic N) is 2. The molecule has 4 heteroatoms. The molecule has 2 heterocycles. The van der Waals surface area contributed by atoms with E-state index in [1.807, 2.05) is 31.2 Å². The van der Waals surface area contributed by atoms with Crippen molar-refractivity contribution in [2.45, 2.75) is 24.8 Å². The normalized spacial score (nSPS) is 29.1. The lowest BCUT2D eigenvalue weighted by Gasteiger charge is -2.27. The highest BCUT2D eigenvalue weighted by atomic mass is 32.2. The summed E-state index contributed by atoms with van der Waals surface area (Å²) < 4.78 is 2.09. The Labute approximate surface area is 82.9 Å². The first-order valence-corrected chi connectivity index (χ1v) is 5.67. The highest BCUT2D eigenvalue weighted by molar-refractivity contribution is 7.99. The number of rotatable bonds is 1. The zero-order valence-corrected chi connectivity index (χ0v) is 8.84. The molecule has 0 saturated carbocycles. The molecule has 3 nitrogen and oxygen atoms in total. The highest BCUT2D eigenvalue weighted by Crippen LogP contribution is 2.29. The maximum Gasteiger partial charge on any atom is 0.136 e. The van der Waals surface area contributed by atoms with E-state index in [9.17, 15) is 0 Å². The Kier molecular flexibility index (Phi) is 2.60. The van der Waals surface area contributed by atoms with E-state index in [0.717, 1.165) is 5.82 Å². The summed E-state index contributed by atoms with van der Waals surface area (Å²) in [5.41, 5.74) is 0. The van der Waals surface area contributed by atoms with Crippen LogP contribution in [-0.2, 0) is 7.05 Å². The van der Waals surface area contributed by atoms with Crippen LogP contribution in [-0.4, -0.2) is 21.3 Å². The van der Waals surface area contributed by atoms with Crippen LogP contribution in [0.2, 0.25) is 0 Å². The van der Waals surface area contributed by atoms with Crippen LogP contribution >= 0.6 is 11.8 Å². The van der Waals surface area contributed by atoms with Gasteiger partial charge < -0.3 is 4.57 Å². The fourth-order valence-corrected chi connectivity index (χ4v) is 2.96. The fraction of sp³-hybridized carbons (Fsp3) is 0.667. The van der Waals surface area contributed by atoms with E-state index < -0.39 is 0 Å². The third-order valence-corrected chi connectivity index (χ3v) is 3.52. The van der Waals surface area contributed by atoms with Gasteiger partial charge in [-0.1, -0.05) is 0 Å². The van der Waals surface area contributed by atoms with Gasteiger partial charge in [-0.3, -0.25) is 5.32 Å². The zero-order valence-electron chi connectivity index (χ0n) is 8.03. The molecular weight excluding hydrogens is 182 g/mol. The van der Waals surface area contributed by atoms with Gasteiger partial charge in [-0.25, -0.2) is 4.98 Å². The van der Waals surface area contributed by atoms with Crippen molar-refractivity contribution in [3.05, 3.63) is 18.2 Å². The number of thioether (sulfide) groups is 1. The van der Waals surface area contributed by atoms with Crippen molar-refractivity contribution in [3.63, 3.8) is 0 Å². The summed E-state index contributed by atoms with van der Waals surface area (Å²) in [6.07, 6.45) is 5.11. The SMILES string of the molecule is CC1CCSC(c2nccn2C)N1. The Balaban J connectivity index is 2.12. The third-order valence-electron chi connectivity index (χ3n) is 2.36. The van der Waals surface area contributed by atoms with Gasteiger partial charge in [-0.05, 0) is 19.1 Å². The quantitative estimate of drug-likeness (QED) is 0.740. The van der Waals surface area contributed by atoms with Crippen molar-refractivity contribution in [1.82, 2.24) is 14.9 Å². The van der Waals surface area contributed by atoms with Gasteiger partial charge in [0.05, 0.1) is 0 Å². The molecule has 13 heavy (non-hydrogen) atoms. The topological polar surface area (TPSA) is 29.9 Å². The maximum atomic E-state index is 4.35. The molecule has 1 aromatic rings. The van der Waals surface area contributed by atoms with E-state index in [4.69, 9.17) is 0 Å². The zero-order chi connectivity index (χ0) is 9.26. The van der Waals surface area contributed by atoms with Gasteiger partial charge in [0, 0.05) is 25.5 Å². The van der Waals surface area contributed by atoms with Crippen LogP contribution in [0.1, 0.15) is 24.5 Å². The molecule has 0 amide bonds. The van der Waals surface area contributed by atoms with E-state index in [0.29, 0.717) is 11.4 Å². The highest BCUT2D eigenvalue weighted by Gasteiger charge is 2.22. The van der Waals surface area contributed by atoms with Crippen LogP contribution in [0, 0.1) is 0 Å². The summed E-state index contributed by atoms with van der Waals surface area (Å²) in [5.74, 6) is 2.36. The van der Waals surface area contributed by atoms with Crippen molar-refractivity contribution in [2.24, 2.45) is 7.05 Å². The molecular formula is C9H15N3S. The lowest BCUT2D eigenvalue weighted by molar-refractivity contribution is 0.493. The number of hydrogen-bond acceptors (Lipinski definition) is 3. The molecule has 2 atom stereocenters. The summed E-state index contributed by atoms with van der Waals surface area (Å²) in [6, 6.07) is 0.614. The molecule has 1 N–H and O–H groups in total. The average molecular weight is 197 g/mol. The second-order valence-corrected chi connectivity index (χ2v) is 4.72. The third kappa shape index (κ3) is 1.89. The Morgan fingerprint density at radius 1 is 1.69 bits per heavy atom. The van der Waals surface area contributed by atoms with Crippen LogP contribution in [0.5, 0.6) is 0 Å². The minimum absolute atomic E-state index is 0.378. The molecule has 72 valence electrons. The Bertz CT molecular complexity index is 284. The van der Waals surface area contributed by atoms with Gasteiger partial charge in [0.2, 0.25) is 0 Å². The molecule has 0 spiro atoms. The van der Waals surface area contributed by atoms with E-state index >= 15 is 0 Å². The summed E-state index contributed by atoms with van der Waals surface area (Å²) in [7, 11) is 2.05. The summed E-state index contributed by atoms with van der Waals surface area (Å²) >= 11 is 1.94. The van der Waals surface area contributed by atoms with Gasteiger partial charge in [0.1, 0.15) is 11.2 Å². The number of aryl methyl sites for hydroxylation is 1. The molecule has 1 fully saturated rings. The molecule has 0 aromatic carbocycles. The first-order valence-electron chi connectivity index (χ1n) is 4.62. The Morgan fingerprint density at radius 2 is 2.54 bits per heavy atom. The Hall–Kier alpha value is -0.480. The first kappa shape index (κ1) is 9.09. The smallest absolute Gasteiger partial charge is 0.136 e. The van der Waals surface area contributed by atoms with Gasteiger partial charge in [-0.15, -0.1) is 11.8 Å². The maximum absolute atomic E-state index is 4.35. The Morgan fingerprint density at radius 3 is 3.15 bits per heavy atom. The van der Waals surface area contributed by atoms with Gasteiger partial charge >= 0.3 is 0 Å². The second-order valence-electron chi connectivity index (χ2n) is 3.50. The van der Waals surface area contributed by atoms with Crippen LogP contribution in [0.4, 0.5) is 0 Å². The van der Waals surface area contributed by atoms with Crippen molar-refractivity contribution >= 4 is 11.8 Å². The second kappa shape index (κ2) is 3.72. The van der Waals surface area contributed by atoms with Crippen molar-refractivity contribution in [3.8, 4) is 0 Å². The van der Waals surface area contributed by atoms with E-state index in [1.165, 1.54) is 12.2 Å². The lowest BCUT2D eigenvalue weighted by Crippen LogP contribution is -2.34. The average Bonchev–Trinajstić information content (AvgIpc) is 2.51.